The van der Waals surface area contributed by atoms with Gasteiger partial charge in [-0.05, 0) is 64.2 Å². The Balaban J connectivity index is 1.38. The summed E-state index contributed by atoms with van der Waals surface area (Å²) in [6, 6.07) is -0.892. The number of aliphatic hydroxyl groups excluding tert-OH is 11. The molecule has 0 aromatic carbocycles. The third-order valence-corrected chi connectivity index (χ3v) is 18.3. The van der Waals surface area contributed by atoms with E-state index in [1.54, 1.807) is 0 Å². The second kappa shape index (κ2) is 56.0. The maximum Gasteiger partial charge on any atom is 0.220 e. The summed E-state index contributed by atoms with van der Waals surface area (Å²) in [6.45, 7) is 1.70. The molecule has 19 nitrogen and oxygen atoms in total. The lowest BCUT2D eigenvalue weighted by molar-refractivity contribution is -0.379. The molecule has 3 rings (SSSR count). The molecule has 0 aromatic heterocycles. The monoisotopic (exact) mass is 1340 g/mol. The van der Waals surface area contributed by atoms with Gasteiger partial charge in [0.05, 0.1) is 38.6 Å². The van der Waals surface area contributed by atoms with Crippen molar-refractivity contribution in [2.75, 3.05) is 26.4 Å². The molecule has 0 aliphatic carbocycles. The Morgan fingerprint density at radius 3 is 1.15 bits per heavy atom. The molecule has 3 fully saturated rings. The molecule has 0 spiro atoms. The fraction of sp³-hybridized carbons (Fsp3) is 0.827. The van der Waals surface area contributed by atoms with E-state index in [4.69, 9.17) is 28.4 Å². The molecule has 0 saturated carbocycles. The van der Waals surface area contributed by atoms with Gasteiger partial charge in [0.1, 0.15) is 73.2 Å². The van der Waals surface area contributed by atoms with Crippen molar-refractivity contribution in [1.29, 1.82) is 0 Å². The van der Waals surface area contributed by atoms with Gasteiger partial charge in [0.25, 0.3) is 0 Å². The minimum Gasteiger partial charge on any atom is -0.394 e. The normalized spacial score (nSPS) is 27.8. The number of amides is 1. The van der Waals surface area contributed by atoms with E-state index in [1.165, 1.54) is 141 Å². The Morgan fingerprint density at radius 2 is 0.734 bits per heavy atom. The first-order valence-electron chi connectivity index (χ1n) is 37.2. The van der Waals surface area contributed by atoms with E-state index in [9.17, 15) is 61.0 Å². The van der Waals surface area contributed by atoms with Crippen LogP contribution in [0.3, 0.4) is 0 Å². The molecule has 19 heteroatoms. The van der Waals surface area contributed by atoms with Gasteiger partial charge in [0, 0.05) is 6.42 Å². The van der Waals surface area contributed by atoms with E-state index in [2.05, 4.69) is 92.1 Å². The van der Waals surface area contributed by atoms with Crippen LogP contribution in [0.5, 0.6) is 0 Å². The first-order chi connectivity index (χ1) is 45.8. The minimum atomic E-state index is -1.97. The summed E-state index contributed by atoms with van der Waals surface area (Å²) in [5.74, 6) is -0.245. The number of nitrogens with one attached hydrogen (secondary N) is 1. The SMILES string of the molecule is CC/C=C\C/C=C\C/C=C\C/C=C\C/C=C\C/C=C\CCCCCCCCCCCCCCC(=O)NC(COC1OC(CO)C(OC2OC(CO)C(OC3OC(CO)C(O)C(O)C3O)C(O)C2O)C(O)C1O)C(O)CCCCCCCCCCCCCCCCCCCC. The maximum atomic E-state index is 13.5. The highest BCUT2D eigenvalue weighted by atomic mass is 16.8. The van der Waals surface area contributed by atoms with Gasteiger partial charge < -0.3 is 89.9 Å². The van der Waals surface area contributed by atoms with Crippen LogP contribution in [-0.4, -0.2) is 193 Å². The van der Waals surface area contributed by atoms with Crippen LogP contribution in [0.2, 0.25) is 0 Å². The van der Waals surface area contributed by atoms with Gasteiger partial charge in [-0.1, -0.05) is 267 Å². The molecule has 3 aliphatic rings. The summed E-state index contributed by atoms with van der Waals surface area (Å²) in [6.07, 6.45) is 44.0. The van der Waals surface area contributed by atoms with E-state index in [0.29, 0.717) is 12.8 Å². The first-order valence-corrected chi connectivity index (χ1v) is 37.2. The van der Waals surface area contributed by atoms with Crippen molar-refractivity contribution in [2.45, 2.75) is 369 Å². The lowest BCUT2D eigenvalue weighted by atomic mass is 9.96. The highest BCUT2D eigenvalue weighted by molar-refractivity contribution is 5.76. The number of allylic oxidation sites excluding steroid dienone is 12. The first kappa shape index (κ1) is 85.5. The Hall–Kier alpha value is -2.77. The van der Waals surface area contributed by atoms with Crippen molar-refractivity contribution in [3.05, 3.63) is 72.9 Å². The van der Waals surface area contributed by atoms with Gasteiger partial charge in [-0.15, -0.1) is 0 Å². The van der Waals surface area contributed by atoms with Gasteiger partial charge in [-0.2, -0.15) is 0 Å². The van der Waals surface area contributed by atoms with Crippen LogP contribution < -0.4 is 5.32 Å². The molecule has 546 valence electrons. The number of aliphatic hydroxyl groups is 11. The number of hydrogen-bond donors (Lipinski definition) is 12. The van der Waals surface area contributed by atoms with Crippen molar-refractivity contribution >= 4 is 5.91 Å². The Morgan fingerprint density at radius 1 is 0.394 bits per heavy atom. The van der Waals surface area contributed by atoms with Gasteiger partial charge >= 0.3 is 0 Å². The average Bonchev–Trinajstić information content (AvgIpc) is 0.787. The van der Waals surface area contributed by atoms with E-state index in [1.807, 2.05) is 0 Å². The van der Waals surface area contributed by atoms with Gasteiger partial charge in [0.15, 0.2) is 18.9 Å². The molecule has 1 amide bonds. The maximum absolute atomic E-state index is 13.5. The zero-order valence-corrected chi connectivity index (χ0v) is 57.9. The van der Waals surface area contributed by atoms with Crippen LogP contribution in [0.1, 0.15) is 264 Å². The molecule has 17 unspecified atom stereocenters. The van der Waals surface area contributed by atoms with Gasteiger partial charge in [-0.3, -0.25) is 4.79 Å². The summed E-state index contributed by atoms with van der Waals surface area (Å²) in [5, 5.41) is 121. The summed E-state index contributed by atoms with van der Waals surface area (Å²) in [4.78, 5) is 13.5. The molecular formula is C75H133NO18. The smallest absolute Gasteiger partial charge is 0.220 e. The number of carbonyl (C=O) groups is 1. The summed E-state index contributed by atoms with van der Waals surface area (Å²) >= 11 is 0. The molecule has 3 heterocycles. The van der Waals surface area contributed by atoms with Crippen LogP contribution in [0.4, 0.5) is 0 Å². The molecule has 94 heavy (non-hydrogen) atoms. The number of ether oxygens (including phenoxy) is 6. The topological polar surface area (TPSA) is 307 Å². The fourth-order valence-corrected chi connectivity index (χ4v) is 12.3. The highest BCUT2D eigenvalue weighted by Crippen LogP contribution is 2.33. The standard InChI is InChI=1S/C75H133NO18/c1-3-5-7-9-11-13-15-17-19-21-23-24-25-26-27-28-29-30-31-32-33-34-35-37-39-41-43-45-47-49-51-53-63(81)76-58(59(80)52-50-48-46-44-42-40-38-36-22-20-18-16-14-12-10-8-6-4-2)57-89-73-69(87)66(84)71(61(55-78)91-73)94-75-70(88)67(85)72(62(56-79)92-75)93-74-68(86)65(83)64(82)60(54-77)90-74/h5,7,11,13,17,19,23-24,26-27,29-30,58-62,64-75,77-80,82-88H,3-4,6,8-10,12,14-16,18,20-22,25,28,31-57H2,1-2H3,(H,76,81)/b7-5-,13-11-,19-17-,24-23-,27-26-,30-29-. The predicted molar refractivity (Wildman–Crippen MR) is 369 cm³/mol. The van der Waals surface area contributed by atoms with Crippen LogP contribution in [0.25, 0.3) is 0 Å². The zero-order chi connectivity index (χ0) is 68.2. The molecular weight excluding hydrogens is 1200 g/mol. The second-order valence-corrected chi connectivity index (χ2v) is 26.4. The van der Waals surface area contributed by atoms with Crippen molar-refractivity contribution < 1.29 is 89.4 Å². The highest BCUT2D eigenvalue weighted by Gasteiger charge is 2.53. The van der Waals surface area contributed by atoms with Crippen LogP contribution in [0.15, 0.2) is 72.9 Å². The van der Waals surface area contributed by atoms with Gasteiger partial charge in [-0.25, -0.2) is 0 Å². The molecule has 0 bridgehead atoms. The van der Waals surface area contributed by atoms with Crippen molar-refractivity contribution in [3.8, 4) is 0 Å². The van der Waals surface area contributed by atoms with Crippen LogP contribution in [-0.2, 0) is 33.2 Å². The Kier molecular flexibility index (Phi) is 50.9. The van der Waals surface area contributed by atoms with Crippen LogP contribution in [0, 0.1) is 0 Å². The Bertz CT molecular complexity index is 1980. The zero-order valence-electron chi connectivity index (χ0n) is 57.9. The van der Waals surface area contributed by atoms with Crippen LogP contribution >= 0.6 is 0 Å². The van der Waals surface area contributed by atoms with E-state index in [-0.39, 0.29) is 18.9 Å². The number of hydrogen-bond acceptors (Lipinski definition) is 18. The number of unbranched alkanes of at least 4 members (excludes halogenated alkanes) is 29. The predicted octanol–water partition coefficient (Wildman–Crippen LogP) is 10.9. The lowest BCUT2D eigenvalue weighted by Crippen LogP contribution is -2.66. The minimum absolute atomic E-state index is 0.245. The van der Waals surface area contributed by atoms with Crippen molar-refractivity contribution in [1.82, 2.24) is 5.32 Å². The molecule has 3 saturated heterocycles. The summed E-state index contributed by atoms with van der Waals surface area (Å²) < 4.78 is 34.5. The number of rotatable bonds is 57. The van der Waals surface area contributed by atoms with Crippen molar-refractivity contribution in [3.63, 3.8) is 0 Å². The molecule has 0 radical (unpaired) electrons. The second-order valence-electron chi connectivity index (χ2n) is 26.4. The summed E-state index contributed by atoms with van der Waals surface area (Å²) in [7, 11) is 0. The van der Waals surface area contributed by atoms with Crippen molar-refractivity contribution in [2.24, 2.45) is 0 Å². The van der Waals surface area contributed by atoms with E-state index in [0.717, 1.165) is 89.9 Å². The molecule has 12 N–H and O–H groups in total. The van der Waals surface area contributed by atoms with Gasteiger partial charge in [0.2, 0.25) is 5.91 Å². The average molecular weight is 1340 g/mol. The molecule has 0 aromatic rings. The number of carbonyl (C=O) groups excluding carboxylic acids is 1. The third-order valence-electron chi connectivity index (χ3n) is 18.3. The van der Waals surface area contributed by atoms with E-state index >= 15 is 0 Å². The Labute approximate surface area is 566 Å². The molecule has 17 atom stereocenters. The quantitative estimate of drug-likeness (QED) is 0.0199. The molecule has 3 aliphatic heterocycles. The third kappa shape index (κ3) is 36.9. The fourth-order valence-electron chi connectivity index (χ4n) is 12.3. The largest absolute Gasteiger partial charge is 0.394 e. The lowest BCUT2D eigenvalue weighted by Gasteiger charge is -2.48. The summed E-state index contributed by atoms with van der Waals surface area (Å²) in [5.41, 5.74) is 0. The van der Waals surface area contributed by atoms with E-state index < -0.39 is 124 Å².